The molecule has 6 heteroatoms. The molecule has 1 aromatic carbocycles. The first kappa shape index (κ1) is 17.9. The van der Waals surface area contributed by atoms with Crippen molar-refractivity contribution in [2.45, 2.75) is 12.8 Å². The number of carboxylic acids is 1. The summed E-state index contributed by atoms with van der Waals surface area (Å²) in [6, 6.07) is 5.20. The molecule has 0 atom stereocenters. The predicted molar refractivity (Wildman–Crippen MR) is 70.0 cm³/mol. The molecule has 0 saturated heterocycles. The number of rotatable bonds is 4. The number of halogens is 3. The summed E-state index contributed by atoms with van der Waals surface area (Å²) < 4.78 is 0. The SMILES string of the molecule is Cl.Cl.NCCc1cc(Cl)ccc1CC(=O)O. The van der Waals surface area contributed by atoms with Crippen molar-refractivity contribution in [3.8, 4) is 0 Å². The second-order valence-corrected chi connectivity index (χ2v) is 3.46. The third kappa shape index (κ3) is 5.56. The number of nitrogens with two attached hydrogens (primary N) is 1. The molecule has 92 valence electrons. The van der Waals surface area contributed by atoms with Gasteiger partial charge >= 0.3 is 5.97 Å². The van der Waals surface area contributed by atoms with Crippen molar-refractivity contribution in [2.75, 3.05) is 6.54 Å². The fourth-order valence-corrected chi connectivity index (χ4v) is 1.51. The summed E-state index contributed by atoms with van der Waals surface area (Å²) in [5.74, 6) is -0.842. The quantitative estimate of drug-likeness (QED) is 0.893. The standard InChI is InChI=1S/C10H12ClNO2.2ClH/c11-9-2-1-7(6-10(13)14)8(5-9)3-4-12;;/h1-2,5H,3-4,6,12H2,(H,13,14);2*1H. The lowest BCUT2D eigenvalue weighted by Crippen LogP contribution is -2.08. The molecule has 0 amide bonds. The maximum absolute atomic E-state index is 10.5. The van der Waals surface area contributed by atoms with E-state index in [4.69, 9.17) is 22.4 Å². The van der Waals surface area contributed by atoms with E-state index in [0.29, 0.717) is 18.0 Å². The van der Waals surface area contributed by atoms with Gasteiger partial charge in [-0.1, -0.05) is 17.7 Å². The van der Waals surface area contributed by atoms with Gasteiger partial charge in [0.15, 0.2) is 0 Å². The molecule has 3 N–H and O–H groups in total. The molecule has 0 spiro atoms. The van der Waals surface area contributed by atoms with Crippen LogP contribution in [0.25, 0.3) is 0 Å². The minimum absolute atomic E-state index is 0. The van der Waals surface area contributed by atoms with Gasteiger partial charge in [-0.3, -0.25) is 4.79 Å². The van der Waals surface area contributed by atoms with E-state index in [-0.39, 0.29) is 31.2 Å². The Morgan fingerprint density at radius 2 is 1.94 bits per heavy atom. The highest BCUT2D eigenvalue weighted by atomic mass is 35.5. The van der Waals surface area contributed by atoms with E-state index < -0.39 is 5.97 Å². The molecule has 0 fully saturated rings. The molecule has 0 aliphatic rings. The highest BCUT2D eigenvalue weighted by Crippen LogP contribution is 2.17. The molecule has 0 unspecified atom stereocenters. The third-order valence-electron chi connectivity index (χ3n) is 1.92. The van der Waals surface area contributed by atoms with Gasteiger partial charge in [0.25, 0.3) is 0 Å². The minimum atomic E-state index is -0.842. The zero-order valence-electron chi connectivity index (χ0n) is 8.48. The molecule has 16 heavy (non-hydrogen) atoms. The lowest BCUT2D eigenvalue weighted by Gasteiger charge is -2.06. The molecule has 0 aromatic heterocycles. The molecule has 0 aliphatic carbocycles. The average Bonchev–Trinajstić information content (AvgIpc) is 2.09. The number of hydrogen-bond acceptors (Lipinski definition) is 2. The maximum Gasteiger partial charge on any atom is 0.307 e. The Morgan fingerprint density at radius 3 is 2.44 bits per heavy atom. The van der Waals surface area contributed by atoms with Crippen LogP contribution in [0.15, 0.2) is 18.2 Å². The molecule has 3 nitrogen and oxygen atoms in total. The maximum atomic E-state index is 10.5. The Kier molecular flexibility index (Phi) is 9.67. The zero-order chi connectivity index (χ0) is 10.6. The van der Waals surface area contributed by atoms with Gasteiger partial charge in [0.05, 0.1) is 6.42 Å². The topological polar surface area (TPSA) is 63.3 Å². The number of carboxylic acid groups (broad SMARTS) is 1. The summed E-state index contributed by atoms with van der Waals surface area (Å²) in [6.07, 6.45) is 0.676. The van der Waals surface area contributed by atoms with E-state index >= 15 is 0 Å². The van der Waals surface area contributed by atoms with Crippen molar-refractivity contribution < 1.29 is 9.90 Å². The minimum Gasteiger partial charge on any atom is -0.481 e. The normalized spacial score (nSPS) is 8.88. The number of aliphatic carboxylic acids is 1. The summed E-state index contributed by atoms with van der Waals surface area (Å²) in [5.41, 5.74) is 7.12. The highest BCUT2D eigenvalue weighted by Gasteiger charge is 2.06. The van der Waals surface area contributed by atoms with Gasteiger partial charge in [0.1, 0.15) is 0 Å². The van der Waals surface area contributed by atoms with Crippen molar-refractivity contribution >= 4 is 42.4 Å². The first-order valence-electron chi connectivity index (χ1n) is 4.32. The molecular weight excluding hydrogens is 272 g/mol. The van der Waals surface area contributed by atoms with E-state index in [1.165, 1.54) is 0 Å². The summed E-state index contributed by atoms with van der Waals surface area (Å²) in [7, 11) is 0. The Labute approximate surface area is 112 Å². The van der Waals surface area contributed by atoms with Gasteiger partial charge in [0.2, 0.25) is 0 Å². The van der Waals surface area contributed by atoms with Gasteiger partial charge in [0, 0.05) is 5.02 Å². The van der Waals surface area contributed by atoms with E-state index in [9.17, 15) is 4.79 Å². The first-order valence-corrected chi connectivity index (χ1v) is 4.70. The van der Waals surface area contributed by atoms with Crippen LogP contribution >= 0.6 is 36.4 Å². The Bertz CT molecular complexity index is 345. The fourth-order valence-electron chi connectivity index (χ4n) is 1.32. The third-order valence-corrected chi connectivity index (χ3v) is 2.16. The monoisotopic (exact) mass is 285 g/mol. The van der Waals surface area contributed by atoms with Gasteiger partial charge in [-0.2, -0.15) is 0 Å². The lowest BCUT2D eigenvalue weighted by atomic mass is 10.0. The van der Waals surface area contributed by atoms with Crippen molar-refractivity contribution in [2.24, 2.45) is 5.73 Å². The Morgan fingerprint density at radius 1 is 1.31 bits per heavy atom. The molecular formula is C10H14Cl3NO2. The van der Waals surface area contributed by atoms with Crippen LogP contribution in [-0.4, -0.2) is 17.6 Å². The van der Waals surface area contributed by atoms with Crippen molar-refractivity contribution in [1.29, 1.82) is 0 Å². The van der Waals surface area contributed by atoms with E-state index in [2.05, 4.69) is 0 Å². The van der Waals surface area contributed by atoms with Crippen LogP contribution in [0, 0.1) is 0 Å². The smallest absolute Gasteiger partial charge is 0.307 e. The van der Waals surface area contributed by atoms with Gasteiger partial charge in [-0.15, -0.1) is 24.8 Å². The number of hydrogen-bond donors (Lipinski definition) is 2. The molecule has 0 heterocycles. The molecule has 0 aliphatic heterocycles. The summed E-state index contributed by atoms with van der Waals surface area (Å²) in [6.45, 7) is 0.493. The van der Waals surface area contributed by atoms with Crippen molar-refractivity contribution in [1.82, 2.24) is 0 Å². The lowest BCUT2D eigenvalue weighted by molar-refractivity contribution is -0.136. The van der Waals surface area contributed by atoms with Crippen molar-refractivity contribution in [3.63, 3.8) is 0 Å². The summed E-state index contributed by atoms with van der Waals surface area (Å²) in [5, 5.41) is 9.28. The van der Waals surface area contributed by atoms with Gasteiger partial charge in [-0.25, -0.2) is 0 Å². The van der Waals surface area contributed by atoms with Gasteiger partial charge < -0.3 is 10.8 Å². The van der Waals surface area contributed by atoms with Crippen LogP contribution in [0.2, 0.25) is 5.02 Å². The van der Waals surface area contributed by atoms with Crippen LogP contribution in [0.5, 0.6) is 0 Å². The number of carbonyl (C=O) groups is 1. The second-order valence-electron chi connectivity index (χ2n) is 3.02. The summed E-state index contributed by atoms with van der Waals surface area (Å²) in [4.78, 5) is 10.5. The Balaban J connectivity index is 0. The second kappa shape index (κ2) is 8.65. The van der Waals surface area contributed by atoms with E-state index in [1.54, 1.807) is 18.2 Å². The average molecular weight is 287 g/mol. The van der Waals surface area contributed by atoms with Crippen molar-refractivity contribution in [3.05, 3.63) is 34.3 Å². The van der Waals surface area contributed by atoms with Gasteiger partial charge in [-0.05, 0) is 36.2 Å². The first-order chi connectivity index (χ1) is 6.63. The molecule has 0 bridgehead atoms. The Hall–Kier alpha value is -0.480. The van der Waals surface area contributed by atoms with Crippen LogP contribution in [-0.2, 0) is 17.6 Å². The summed E-state index contributed by atoms with van der Waals surface area (Å²) >= 11 is 5.80. The molecule has 0 saturated carbocycles. The van der Waals surface area contributed by atoms with E-state index in [0.717, 1.165) is 11.1 Å². The predicted octanol–water partition coefficient (Wildman–Crippen LogP) is 2.31. The van der Waals surface area contributed by atoms with E-state index in [1.807, 2.05) is 0 Å². The zero-order valence-corrected chi connectivity index (χ0v) is 10.9. The van der Waals surface area contributed by atoms with Crippen LogP contribution in [0.4, 0.5) is 0 Å². The highest BCUT2D eigenvalue weighted by molar-refractivity contribution is 6.30. The van der Waals surface area contributed by atoms with Crippen LogP contribution in [0.1, 0.15) is 11.1 Å². The molecule has 0 radical (unpaired) electrons. The molecule has 1 rings (SSSR count). The molecule has 1 aromatic rings. The van der Waals surface area contributed by atoms with Crippen LogP contribution < -0.4 is 5.73 Å². The number of benzene rings is 1. The van der Waals surface area contributed by atoms with Crippen LogP contribution in [0.3, 0.4) is 0 Å². The largest absolute Gasteiger partial charge is 0.481 e. The fraction of sp³-hybridized carbons (Fsp3) is 0.300.